The van der Waals surface area contributed by atoms with Crippen molar-refractivity contribution in [2.75, 3.05) is 0 Å². The molecule has 0 nitrogen and oxygen atoms in total. The molecule has 15 rings (SSSR count). The second kappa shape index (κ2) is 45.6. The fraction of sp³-hybridized carbons (Fsp3) is 0.441. The summed E-state index contributed by atoms with van der Waals surface area (Å²) in [5.41, 5.74) is 14.5. The zero-order valence-corrected chi connectivity index (χ0v) is 73.4. The molecule has 644 valence electrons. The molecule has 0 atom stereocenters. The highest BCUT2D eigenvalue weighted by Crippen LogP contribution is 2.45. The second-order valence-electron chi connectivity index (χ2n) is 36.0. The van der Waals surface area contributed by atoms with Crippen LogP contribution in [0.15, 0.2) is 195 Å². The van der Waals surface area contributed by atoms with E-state index in [9.17, 15) is 43.9 Å². The van der Waals surface area contributed by atoms with Crippen LogP contribution >= 0.6 is 0 Å². The van der Waals surface area contributed by atoms with Crippen LogP contribution in [0.2, 0.25) is 0 Å². The van der Waals surface area contributed by atoms with Gasteiger partial charge >= 0.3 is 0 Å². The molecule has 5 aliphatic rings. The maximum absolute atomic E-state index is 13.8. The van der Waals surface area contributed by atoms with E-state index < -0.39 is 58.2 Å². The number of halogens is 10. The summed E-state index contributed by atoms with van der Waals surface area (Å²) < 4.78 is 138. The first-order chi connectivity index (χ1) is 58.4. The minimum absolute atomic E-state index is 0.0735. The van der Waals surface area contributed by atoms with Gasteiger partial charge in [-0.1, -0.05) is 219 Å². The van der Waals surface area contributed by atoms with Crippen LogP contribution in [0.25, 0.3) is 55.6 Å². The van der Waals surface area contributed by atoms with Crippen molar-refractivity contribution in [3.05, 3.63) is 308 Å². The predicted octanol–water partition coefficient (Wildman–Crippen LogP) is 35.2. The number of benzene rings is 10. The van der Waals surface area contributed by atoms with E-state index in [1.807, 2.05) is 60.7 Å². The van der Waals surface area contributed by atoms with Gasteiger partial charge in [0.15, 0.2) is 0 Å². The SMILES string of the molecule is C=CC1CCC(c2ccc(-c3cc(F)c(C)c(F)c3)cc2)CC1.CCC1CCC(c2ccc(-c3cc(F)c(C)c(F)c3)cc2)CC1.CCCC1CCC(c2ccc(-c3cc(F)c(C)c(F)c3)cc2)CC1.CCCCC1CCC(c2ccc(-c3cc(F)c(C)c(F)c3)cc2)CC1.CCCCCC1CCC(c2ccc(-c3cc(F)c(C)c(F)c3)cc2)CC1. The van der Waals surface area contributed by atoms with E-state index in [2.05, 4.69) is 101 Å². The van der Waals surface area contributed by atoms with E-state index in [0.29, 0.717) is 63.3 Å². The van der Waals surface area contributed by atoms with E-state index in [-0.39, 0.29) is 27.8 Å². The molecule has 5 saturated carbocycles. The molecule has 0 bridgehead atoms. The van der Waals surface area contributed by atoms with Crippen LogP contribution in [-0.4, -0.2) is 0 Å². The highest BCUT2D eigenvalue weighted by atomic mass is 19.2. The van der Waals surface area contributed by atoms with Crippen molar-refractivity contribution in [1.29, 1.82) is 0 Å². The Morgan fingerprint density at radius 1 is 0.231 bits per heavy atom. The maximum Gasteiger partial charge on any atom is 0.129 e. The molecule has 0 heterocycles. The van der Waals surface area contributed by atoms with Gasteiger partial charge in [-0.2, -0.15) is 0 Å². The molecule has 0 unspecified atom stereocenters. The molecule has 0 amide bonds. The first-order valence-corrected chi connectivity index (χ1v) is 45.8. The molecule has 121 heavy (non-hydrogen) atoms. The summed E-state index contributed by atoms with van der Waals surface area (Å²) in [5.74, 6) is 2.57. The van der Waals surface area contributed by atoms with Gasteiger partial charge in [-0.15, -0.1) is 6.58 Å². The molecule has 0 N–H and O–H groups in total. The zero-order chi connectivity index (χ0) is 86.2. The molecule has 10 aromatic carbocycles. The lowest BCUT2D eigenvalue weighted by molar-refractivity contribution is 0.303. The molecule has 10 aromatic rings. The lowest BCUT2D eigenvalue weighted by Gasteiger charge is -2.29. The smallest absolute Gasteiger partial charge is 0.129 e. The minimum Gasteiger partial charge on any atom is -0.207 e. The summed E-state index contributed by atoms with van der Waals surface area (Å²) in [6, 6.07) is 55.4. The van der Waals surface area contributed by atoms with Crippen LogP contribution in [0.4, 0.5) is 43.9 Å². The number of hydrogen-bond acceptors (Lipinski definition) is 0. The quantitative estimate of drug-likeness (QED) is 0.0382. The second-order valence-corrected chi connectivity index (χ2v) is 36.0. The molecular weight excluding hydrogens is 1520 g/mol. The average molecular weight is 1650 g/mol. The van der Waals surface area contributed by atoms with Crippen LogP contribution in [0.5, 0.6) is 0 Å². The Morgan fingerprint density at radius 3 is 0.628 bits per heavy atom. The molecule has 0 saturated heterocycles. The van der Waals surface area contributed by atoms with Gasteiger partial charge in [0.2, 0.25) is 0 Å². The molecule has 0 spiro atoms. The Labute approximate surface area is 718 Å². The van der Waals surface area contributed by atoms with Gasteiger partial charge in [-0.05, 0) is 366 Å². The van der Waals surface area contributed by atoms with Crippen molar-refractivity contribution in [2.45, 2.75) is 285 Å². The maximum atomic E-state index is 13.8. The van der Waals surface area contributed by atoms with Gasteiger partial charge in [-0.3, -0.25) is 0 Å². The molecule has 5 fully saturated rings. The summed E-state index contributed by atoms with van der Waals surface area (Å²) in [4.78, 5) is 0. The van der Waals surface area contributed by atoms with E-state index >= 15 is 0 Å². The Morgan fingerprint density at radius 2 is 0.430 bits per heavy atom. The van der Waals surface area contributed by atoms with Crippen LogP contribution in [0, 0.1) is 122 Å². The number of rotatable bonds is 21. The lowest BCUT2D eigenvalue weighted by Crippen LogP contribution is -2.13. The molecule has 0 radical (unpaired) electrons. The van der Waals surface area contributed by atoms with E-state index in [1.165, 1.54) is 316 Å². The van der Waals surface area contributed by atoms with Gasteiger partial charge in [0, 0.05) is 27.8 Å². The molecule has 10 heteroatoms. The van der Waals surface area contributed by atoms with Gasteiger partial charge in [0.05, 0.1) is 0 Å². The van der Waals surface area contributed by atoms with E-state index in [0.717, 1.165) is 51.5 Å². The number of allylic oxidation sites excluding steroid dienone is 1. The molecule has 5 aliphatic carbocycles. The van der Waals surface area contributed by atoms with Crippen LogP contribution in [-0.2, 0) is 0 Å². The van der Waals surface area contributed by atoms with Crippen molar-refractivity contribution in [3.8, 4) is 55.6 Å². The Balaban J connectivity index is 0.000000148. The molecular formula is C111H130F10. The topological polar surface area (TPSA) is 0 Å². The van der Waals surface area contributed by atoms with E-state index in [4.69, 9.17) is 0 Å². The normalized spacial score (nSPS) is 20.9. The first-order valence-electron chi connectivity index (χ1n) is 45.8. The predicted molar refractivity (Wildman–Crippen MR) is 485 cm³/mol. The summed E-state index contributed by atoms with van der Waals surface area (Å²) >= 11 is 0. The van der Waals surface area contributed by atoms with Gasteiger partial charge in [0.25, 0.3) is 0 Å². The summed E-state index contributed by atoms with van der Waals surface area (Å²) in [6.45, 7) is 20.3. The van der Waals surface area contributed by atoms with Crippen molar-refractivity contribution >= 4 is 0 Å². The first kappa shape index (κ1) is 92.9. The third kappa shape index (κ3) is 25.7. The minimum atomic E-state index is -0.494. The lowest BCUT2D eigenvalue weighted by atomic mass is 9.77. The van der Waals surface area contributed by atoms with Gasteiger partial charge < -0.3 is 0 Å². The van der Waals surface area contributed by atoms with Crippen molar-refractivity contribution < 1.29 is 43.9 Å². The standard InChI is InChI=1S/C24H30F2.C23H28F2.C22H26F2.C21H24F2.C21H22F2/c1-3-4-5-6-18-7-9-19(10-8-18)20-11-13-21(14-12-20)22-15-23(25)17(2)24(26)16-22;1-3-4-5-17-6-8-18(9-7-17)19-10-12-20(13-11-19)21-14-22(24)16(2)23(25)15-21;1-3-4-16-5-7-17(8-6-16)18-9-11-19(12-10-18)20-13-21(23)15(2)22(24)14-20;2*1-3-15-4-6-16(7-5-15)17-8-10-18(11-9-17)19-12-20(22)14(2)21(23)13-19/h11-16,18-19H,3-10H2,1-2H3;10-15,17-18H,3-9H2,1-2H3;9-14,16-17H,3-8H2,1-2H3;8-13,15-16H,3-7H2,1-2H3;3,8-13,15-16H,1,4-7H2,2H3. The van der Waals surface area contributed by atoms with Crippen LogP contribution < -0.4 is 0 Å². The van der Waals surface area contributed by atoms with Crippen LogP contribution in [0.3, 0.4) is 0 Å². The monoisotopic (exact) mass is 1650 g/mol. The highest BCUT2D eigenvalue weighted by Gasteiger charge is 2.28. The van der Waals surface area contributed by atoms with Crippen molar-refractivity contribution in [3.63, 3.8) is 0 Å². The van der Waals surface area contributed by atoms with Gasteiger partial charge in [-0.25, -0.2) is 43.9 Å². The third-order valence-electron chi connectivity index (χ3n) is 27.9. The fourth-order valence-electron chi connectivity index (χ4n) is 19.3. The van der Waals surface area contributed by atoms with Gasteiger partial charge in [0.1, 0.15) is 58.2 Å². The zero-order valence-electron chi connectivity index (χ0n) is 73.4. The van der Waals surface area contributed by atoms with Crippen molar-refractivity contribution in [1.82, 2.24) is 0 Å². The number of hydrogen-bond donors (Lipinski definition) is 0. The summed E-state index contributed by atoms with van der Waals surface area (Å²) in [7, 11) is 0. The highest BCUT2D eigenvalue weighted by molar-refractivity contribution is 5.69. The molecule has 0 aliphatic heterocycles. The Bertz CT molecular complexity index is 4770. The summed E-state index contributed by atoms with van der Waals surface area (Å²) in [6.07, 6.45) is 41.0. The summed E-state index contributed by atoms with van der Waals surface area (Å²) in [5, 5.41) is 0. The average Bonchev–Trinajstić information content (AvgIpc) is 0.831. The largest absolute Gasteiger partial charge is 0.207 e. The number of unbranched alkanes of at least 4 members (excludes halogenated alkanes) is 3. The van der Waals surface area contributed by atoms with Crippen molar-refractivity contribution in [2.24, 2.45) is 29.6 Å². The third-order valence-corrected chi connectivity index (χ3v) is 27.9. The Hall–Kier alpha value is -8.76. The van der Waals surface area contributed by atoms with Crippen LogP contribution in [0.1, 0.15) is 306 Å². The fourth-order valence-corrected chi connectivity index (χ4v) is 19.3. The molecule has 0 aromatic heterocycles. The Kier molecular flexibility index (Phi) is 35.0. The van der Waals surface area contributed by atoms with E-state index in [1.54, 1.807) is 0 Å².